The second-order valence-corrected chi connectivity index (χ2v) is 5.55. The van der Waals surface area contributed by atoms with Gasteiger partial charge < -0.3 is 9.84 Å². The van der Waals surface area contributed by atoms with E-state index in [9.17, 15) is 5.11 Å². The molecule has 1 heterocycles. The fraction of sp³-hybridized carbons (Fsp3) is 0.455. The van der Waals surface area contributed by atoms with Gasteiger partial charge >= 0.3 is 0 Å². The SMILES string of the molecule is OC1CCOC(c2c(Cl)cc(Br)cc2Cl)C1. The van der Waals surface area contributed by atoms with Crippen molar-refractivity contribution in [1.82, 2.24) is 0 Å². The zero-order chi connectivity index (χ0) is 11.7. The molecule has 0 aliphatic carbocycles. The molecular weight excluding hydrogens is 315 g/mol. The third-order valence-electron chi connectivity index (χ3n) is 2.62. The Kier molecular flexibility index (Phi) is 4.14. The van der Waals surface area contributed by atoms with Crippen molar-refractivity contribution >= 4 is 39.1 Å². The molecule has 2 unspecified atom stereocenters. The molecule has 0 amide bonds. The van der Waals surface area contributed by atoms with E-state index in [1.807, 2.05) is 0 Å². The number of aliphatic hydroxyl groups excluding tert-OH is 1. The molecule has 2 rings (SSSR count). The highest BCUT2D eigenvalue weighted by Gasteiger charge is 2.26. The van der Waals surface area contributed by atoms with Crippen molar-refractivity contribution in [2.45, 2.75) is 25.0 Å². The second-order valence-electron chi connectivity index (χ2n) is 3.82. The van der Waals surface area contributed by atoms with Gasteiger partial charge in [0.25, 0.3) is 0 Å². The maximum absolute atomic E-state index is 9.60. The van der Waals surface area contributed by atoms with Crippen molar-refractivity contribution in [2.24, 2.45) is 0 Å². The summed E-state index contributed by atoms with van der Waals surface area (Å²) in [4.78, 5) is 0. The van der Waals surface area contributed by atoms with Gasteiger partial charge in [0.1, 0.15) is 0 Å². The molecule has 0 aromatic heterocycles. The van der Waals surface area contributed by atoms with Gasteiger partial charge in [-0.15, -0.1) is 0 Å². The van der Waals surface area contributed by atoms with Gasteiger partial charge in [-0.05, 0) is 18.6 Å². The van der Waals surface area contributed by atoms with E-state index < -0.39 is 0 Å². The van der Waals surface area contributed by atoms with E-state index in [2.05, 4.69) is 15.9 Å². The van der Waals surface area contributed by atoms with Crippen LogP contribution in [0.2, 0.25) is 10.0 Å². The van der Waals surface area contributed by atoms with E-state index in [-0.39, 0.29) is 12.2 Å². The summed E-state index contributed by atoms with van der Waals surface area (Å²) in [5.74, 6) is 0. The van der Waals surface area contributed by atoms with Crippen molar-refractivity contribution in [3.63, 3.8) is 0 Å². The number of benzene rings is 1. The summed E-state index contributed by atoms with van der Waals surface area (Å²) in [6.45, 7) is 0.536. The second kappa shape index (κ2) is 5.23. The topological polar surface area (TPSA) is 29.5 Å². The Morgan fingerprint density at radius 3 is 2.50 bits per heavy atom. The van der Waals surface area contributed by atoms with E-state index in [1.54, 1.807) is 12.1 Å². The number of aliphatic hydroxyl groups is 1. The lowest BCUT2D eigenvalue weighted by Gasteiger charge is -2.28. The number of hydrogen-bond donors (Lipinski definition) is 1. The van der Waals surface area contributed by atoms with E-state index in [0.717, 1.165) is 10.0 Å². The number of rotatable bonds is 1. The molecule has 0 saturated carbocycles. The molecule has 1 saturated heterocycles. The fourth-order valence-electron chi connectivity index (χ4n) is 1.84. The van der Waals surface area contributed by atoms with Crippen LogP contribution in [0, 0.1) is 0 Å². The van der Waals surface area contributed by atoms with Gasteiger partial charge in [0.15, 0.2) is 0 Å². The summed E-state index contributed by atoms with van der Waals surface area (Å²) >= 11 is 15.6. The maximum atomic E-state index is 9.60. The molecule has 5 heteroatoms. The average Bonchev–Trinajstić information content (AvgIpc) is 2.15. The highest BCUT2D eigenvalue weighted by Crippen LogP contribution is 2.39. The van der Waals surface area contributed by atoms with Crippen molar-refractivity contribution in [3.8, 4) is 0 Å². The van der Waals surface area contributed by atoms with Gasteiger partial charge in [0.05, 0.1) is 12.2 Å². The quantitative estimate of drug-likeness (QED) is 0.846. The first-order valence-corrected chi connectivity index (χ1v) is 6.57. The summed E-state index contributed by atoms with van der Waals surface area (Å²) in [7, 11) is 0. The fourth-order valence-corrected chi connectivity index (χ4v) is 3.29. The van der Waals surface area contributed by atoms with Crippen LogP contribution in [0.4, 0.5) is 0 Å². The lowest BCUT2D eigenvalue weighted by Crippen LogP contribution is -2.23. The highest BCUT2D eigenvalue weighted by atomic mass is 79.9. The number of ether oxygens (including phenoxy) is 1. The summed E-state index contributed by atoms with van der Waals surface area (Å²) in [6.07, 6.45) is 0.662. The average molecular weight is 326 g/mol. The van der Waals surface area contributed by atoms with Gasteiger partial charge in [0.2, 0.25) is 0 Å². The van der Waals surface area contributed by atoms with E-state index in [4.69, 9.17) is 27.9 Å². The van der Waals surface area contributed by atoms with Gasteiger partial charge in [-0.1, -0.05) is 39.1 Å². The molecule has 1 fully saturated rings. The van der Waals surface area contributed by atoms with Gasteiger partial charge in [-0.25, -0.2) is 0 Å². The molecule has 0 spiro atoms. The number of hydrogen-bond acceptors (Lipinski definition) is 2. The van der Waals surface area contributed by atoms with Crippen LogP contribution in [0.5, 0.6) is 0 Å². The van der Waals surface area contributed by atoms with Crippen LogP contribution in [0.1, 0.15) is 24.5 Å². The zero-order valence-corrected chi connectivity index (χ0v) is 11.5. The van der Waals surface area contributed by atoms with Gasteiger partial charge in [0, 0.05) is 33.1 Å². The largest absolute Gasteiger partial charge is 0.393 e. The summed E-state index contributed by atoms with van der Waals surface area (Å²) in [5, 5.41) is 10.7. The molecule has 1 N–H and O–H groups in total. The molecule has 88 valence electrons. The molecule has 1 aromatic rings. The van der Waals surface area contributed by atoms with Crippen LogP contribution >= 0.6 is 39.1 Å². The minimum absolute atomic E-state index is 0.211. The molecule has 16 heavy (non-hydrogen) atoms. The third-order valence-corrected chi connectivity index (χ3v) is 3.71. The first kappa shape index (κ1) is 12.7. The minimum Gasteiger partial charge on any atom is -0.393 e. The van der Waals surface area contributed by atoms with Crippen LogP contribution in [-0.4, -0.2) is 17.8 Å². The van der Waals surface area contributed by atoms with Gasteiger partial charge in [-0.2, -0.15) is 0 Å². The van der Waals surface area contributed by atoms with Crippen LogP contribution in [-0.2, 0) is 4.74 Å². The molecule has 1 aromatic carbocycles. The molecule has 2 nitrogen and oxygen atoms in total. The molecule has 0 bridgehead atoms. The van der Waals surface area contributed by atoms with Crippen LogP contribution in [0.25, 0.3) is 0 Å². The Balaban J connectivity index is 2.32. The summed E-state index contributed by atoms with van der Waals surface area (Å²) in [5.41, 5.74) is 0.769. The Hall–Kier alpha value is 0.200. The predicted octanol–water partition coefficient (Wildman–Crippen LogP) is 3.97. The van der Waals surface area contributed by atoms with E-state index in [0.29, 0.717) is 29.5 Å². The lowest BCUT2D eigenvalue weighted by atomic mass is 9.99. The molecule has 2 atom stereocenters. The normalized spacial score (nSPS) is 25.8. The van der Waals surface area contributed by atoms with Crippen molar-refractivity contribution in [2.75, 3.05) is 6.61 Å². The smallest absolute Gasteiger partial charge is 0.0878 e. The highest BCUT2D eigenvalue weighted by molar-refractivity contribution is 9.10. The summed E-state index contributed by atoms with van der Waals surface area (Å²) in [6, 6.07) is 3.57. The first-order chi connectivity index (χ1) is 7.58. The van der Waals surface area contributed by atoms with Crippen LogP contribution in [0.15, 0.2) is 16.6 Å². The Labute approximate surface area is 113 Å². The van der Waals surface area contributed by atoms with Crippen LogP contribution < -0.4 is 0 Å². The van der Waals surface area contributed by atoms with E-state index >= 15 is 0 Å². The monoisotopic (exact) mass is 324 g/mol. The Morgan fingerprint density at radius 2 is 1.94 bits per heavy atom. The zero-order valence-electron chi connectivity index (χ0n) is 8.42. The van der Waals surface area contributed by atoms with Crippen LogP contribution in [0.3, 0.4) is 0 Å². The van der Waals surface area contributed by atoms with Crippen molar-refractivity contribution in [1.29, 1.82) is 0 Å². The Morgan fingerprint density at radius 1 is 1.31 bits per heavy atom. The van der Waals surface area contributed by atoms with Gasteiger partial charge in [-0.3, -0.25) is 0 Å². The first-order valence-electron chi connectivity index (χ1n) is 5.02. The van der Waals surface area contributed by atoms with Crippen molar-refractivity contribution in [3.05, 3.63) is 32.2 Å². The standard InChI is InChI=1S/C11H11BrCl2O2/c12-6-3-8(13)11(9(14)4-6)10-5-7(15)1-2-16-10/h3-4,7,10,15H,1-2,5H2. The molecular formula is C11H11BrCl2O2. The predicted molar refractivity (Wildman–Crippen MR) is 68.1 cm³/mol. The molecule has 1 aliphatic heterocycles. The Bertz CT molecular complexity index is 375. The van der Waals surface area contributed by atoms with Crippen molar-refractivity contribution < 1.29 is 9.84 Å². The maximum Gasteiger partial charge on any atom is 0.0878 e. The number of halogens is 3. The third kappa shape index (κ3) is 2.71. The minimum atomic E-state index is -0.338. The molecule has 1 aliphatic rings. The lowest BCUT2D eigenvalue weighted by molar-refractivity contribution is -0.0446. The molecule has 0 radical (unpaired) electrons. The van der Waals surface area contributed by atoms with E-state index in [1.165, 1.54) is 0 Å². The summed E-state index contributed by atoms with van der Waals surface area (Å²) < 4.78 is 6.43.